The van der Waals surface area contributed by atoms with Gasteiger partial charge in [-0.15, -0.1) is 0 Å². The van der Waals surface area contributed by atoms with Gasteiger partial charge in [-0.3, -0.25) is 0 Å². The molecule has 1 aromatic carbocycles. The van der Waals surface area contributed by atoms with Crippen LogP contribution in [0.5, 0.6) is 5.75 Å². The second kappa shape index (κ2) is 5.35. The van der Waals surface area contributed by atoms with Crippen molar-refractivity contribution in [3.8, 4) is 5.75 Å². The van der Waals surface area contributed by atoms with Crippen LogP contribution < -0.4 is 10.1 Å². The van der Waals surface area contributed by atoms with E-state index in [9.17, 15) is 0 Å². The van der Waals surface area contributed by atoms with Crippen molar-refractivity contribution >= 4 is 0 Å². The Balaban J connectivity index is 2.95. The third kappa shape index (κ3) is 3.24. The molecule has 0 saturated carbocycles. The quantitative estimate of drug-likeness (QED) is 0.789. The molecule has 0 aliphatic heterocycles. The molecule has 0 spiro atoms. The Hall–Kier alpha value is -1.02. The first-order valence-corrected chi connectivity index (χ1v) is 5.84. The van der Waals surface area contributed by atoms with Crippen LogP contribution >= 0.6 is 0 Å². The maximum Gasteiger partial charge on any atom is 0.125 e. The fourth-order valence-electron chi connectivity index (χ4n) is 1.69. The van der Waals surface area contributed by atoms with Gasteiger partial charge >= 0.3 is 0 Å². The average molecular weight is 221 g/mol. The lowest BCUT2D eigenvalue weighted by atomic mass is 9.85. The number of aryl methyl sites for hydroxylation is 1. The first-order valence-electron chi connectivity index (χ1n) is 5.84. The van der Waals surface area contributed by atoms with E-state index in [1.165, 1.54) is 11.1 Å². The smallest absolute Gasteiger partial charge is 0.125 e. The van der Waals surface area contributed by atoms with Gasteiger partial charge in [0.15, 0.2) is 0 Å². The first kappa shape index (κ1) is 13.0. The third-order valence-corrected chi connectivity index (χ3v) is 2.62. The second-order valence-electron chi connectivity index (χ2n) is 5.15. The van der Waals surface area contributed by atoms with Crippen LogP contribution in [0.2, 0.25) is 0 Å². The van der Waals surface area contributed by atoms with E-state index in [0.717, 1.165) is 12.3 Å². The van der Waals surface area contributed by atoms with Crippen LogP contribution in [0.3, 0.4) is 0 Å². The molecule has 0 unspecified atom stereocenters. The molecular weight excluding hydrogens is 198 g/mol. The number of hydrogen-bond donors (Lipinski definition) is 1. The topological polar surface area (TPSA) is 21.3 Å². The fourth-order valence-corrected chi connectivity index (χ4v) is 1.69. The SMILES string of the molecule is CNCCOc1c(C)cccc1C(C)(C)C. The summed E-state index contributed by atoms with van der Waals surface area (Å²) >= 11 is 0. The van der Waals surface area contributed by atoms with E-state index in [1.807, 2.05) is 7.05 Å². The van der Waals surface area contributed by atoms with Crippen molar-refractivity contribution in [2.75, 3.05) is 20.2 Å². The fraction of sp³-hybridized carbons (Fsp3) is 0.571. The molecule has 0 radical (unpaired) electrons. The summed E-state index contributed by atoms with van der Waals surface area (Å²) in [6.07, 6.45) is 0. The van der Waals surface area contributed by atoms with Gasteiger partial charge < -0.3 is 10.1 Å². The number of benzene rings is 1. The van der Waals surface area contributed by atoms with Crippen LogP contribution in [0.4, 0.5) is 0 Å². The highest BCUT2D eigenvalue weighted by Crippen LogP contribution is 2.33. The molecule has 1 aromatic rings. The highest BCUT2D eigenvalue weighted by molar-refractivity contribution is 5.44. The minimum atomic E-state index is 0.126. The Labute approximate surface area is 99.0 Å². The van der Waals surface area contributed by atoms with E-state index in [0.29, 0.717) is 6.61 Å². The largest absolute Gasteiger partial charge is 0.492 e. The van der Waals surface area contributed by atoms with Gasteiger partial charge in [0.05, 0.1) is 0 Å². The van der Waals surface area contributed by atoms with E-state index in [-0.39, 0.29) is 5.41 Å². The minimum Gasteiger partial charge on any atom is -0.492 e. The Morgan fingerprint density at radius 1 is 1.25 bits per heavy atom. The Bertz CT molecular complexity index is 339. The first-order chi connectivity index (χ1) is 7.46. The molecule has 0 aliphatic rings. The van der Waals surface area contributed by atoms with Crippen LogP contribution in [0.1, 0.15) is 31.9 Å². The highest BCUT2D eigenvalue weighted by Gasteiger charge is 2.19. The molecule has 1 N–H and O–H groups in total. The maximum atomic E-state index is 5.87. The lowest BCUT2D eigenvalue weighted by Gasteiger charge is -2.24. The molecule has 0 heterocycles. The standard InChI is InChI=1S/C14H23NO/c1-11-7-6-8-12(14(2,3)4)13(11)16-10-9-15-5/h6-8,15H,9-10H2,1-5H3. The van der Waals surface area contributed by atoms with Gasteiger partial charge in [0, 0.05) is 6.54 Å². The Kier molecular flexibility index (Phi) is 4.36. The zero-order chi connectivity index (χ0) is 12.2. The summed E-state index contributed by atoms with van der Waals surface area (Å²) in [5, 5.41) is 3.09. The molecule has 1 rings (SSSR count). The van der Waals surface area contributed by atoms with Crippen molar-refractivity contribution in [1.82, 2.24) is 5.32 Å². The van der Waals surface area contributed by atoms with Crippen LogP contribution in [-0.2, 0) is 5.41 Å². The van der Waals surface area contributed by atoms with Gasteiger partial charge in [-0.1, -0.05) is 39.0 Å². The van der Waals surface area contributed by atoms with Gasteiger partial charge in [-0.25, -0.2) is 0 Å². The molecule has 16 heavy (non-hydrogen) atoms. The molecule has 2 nitrogen and oxygen atoms in total. The van der Waals surface area contributed by atoms with Gasteiger partial charge in [0.2, 0.25) is 0 Å². The number of nitrogens with one attached hydrogen (secondary N) is 1. The van der Waals surface area contributed by atoms with Crippen LogP contribution in [0.15, 0.2) is 18.2 Å². The monoisotopic (exact) mass is 221 g/mol. The van der Waals surface area contributed by atoms with Crippen molar-refractivity contribution in [2.45, 2.75) is 33.1 Å². The van der Waals surface area contributed by atoms with Gasteiger partial charge in [0.1, 0.15) is 12.4 Å². The van der Waals surface area contributed by atoms with E-state index < -0.39 is 0 Å². The lowest BCUT2D eigenvalue weighted by Crippen LogP contribution is -2.19. The minimum absolute atomic E-state index is 0.126. The van der Waals surface area contributed by atoms with Gasteiger partial charge in [0.25, 0.3) is 0 Å². The number of ether oxygens (including phenoxy) is 1. The number of para-hydroxylation sites is 1. The molecule has 0 aliphatic carbocycles. The molecular formula is C14H23NO. The van der Waals surface area contributed by atoms with E-state index in [1.54, 1.807) is 0 Å². The summed E-state index contributed by atoms with van der Waals surface area (Å²) < 4.78 is 5.87. The van der Waals surface area contributed by atoms with Crippen LogP contribution in [0, 0.1) is 6.92 Å². The number of hydrogen-bond acceptors (Lipinski definition) is 2. The average Bonchev–Trinajstić information content (AvgIpc) is 2.19. The zero-order valence-corrected chi connectivity index (χ0v) is 11.1. The van der Waals surface area contributed by atoms with Crippen molar-refractivity contribution in [3.05, 3.63) is 29.3 Å². The second-order valence-corrected chi connectivity index (χ2v) is 5.15. The summed E-state index contributed by atoms with van der Waals surface area (Å²) in [7, 11) is 1.94. The number of likely N-dealkylation sites (N-methyl/N-ethyl adjacent to an activating group) is 1. The highest BCUT2D eigenvalue weighted by atomic mass is 16.5. The summed E-state index contributed by atoms with van der Waals surface area (Å²) in [6.45, 7) is 10.3. The summed E-state index contributed by atoms with van der Waals surface area (Å²) in [6, 6.07) is 6.35. The molecule has 0 aromatic heterocycles. The summed E-state index contributed by atoms with van der Waals surface area (Å²) in [5.41, 5.74) is 2.62. The van der Waals surface area contributed by atoms with Crippen molar-refractivity contribution in [2.24, 2.45) is 0 Å². The van der Waals surface area contributed by atoms with Crippen molar-refractivity contribution in [1.29, 1.82) is 0 Å². The summed E-state index contributed by atoms with van der Waals surface area (Å²) in [4.78, 5) is 0. The summed E-state index contributed by atoms with van der Waals surface area (Å²) in [5.74, 6) is 1.05. The Morgan fingerprint density at radius 3 is 2.50 bits per heavy atom. The molecule has 0 saturated heterocycles. The Morgan fingerprint density at radius 2 is 1.94 bits per heavy atom. The predicted molar refractivity (Wildman–Crippen MR) is 69.3 cm³/mol. The van der Waals surface area contributed by atoms with E-state index in [2.05, 4.69) is 51.2 Å². The molecule has 90 valence electrons. The molecule has 2 heteroatoms. The maximum absolute atomic E-state index is 5.87. The van der Waals surface area contributed by atoms with Gasteiger partial charge in [-0.2, -0.15) is 0 Å². The van der Waals surface area contributed by atoms with E-state index in [4.69, 9.17) is 4.74 Å². The zero-order valence-electron chi connectivity index (χ0n) is 11.1. The predicted octanol–water partition coefficient (Wildman–Crippen LogP) is 2.89. The lowest BCUT2D eigenvalue weighted by molar-refractivity contribution is 0.307. The molecule has 0 amide bonds. The molecule has 0 atom stereocenters. The van der Waals surface area contributed by atoms with E-state index >= 15 is 0 Å². The van der Waals surface area contributed by atoms with Crippen molar-refractivity contribution < 1.29 is 4.74 Å². The molecule has 0 bridgehead atoms. The number of rotatable bonds is 4. The van der Waals surface area contributed by atoms with Crippen molar-refractivity contribution in [3.63, 3.8) is 0 Å². The van der Waals surface area contributed by atoms with Crippen LogP contribution in [0.25, 0.3) is 0 Å². The third-order valence-electron chi connectivity index (χ3n) is 2.62. The van der Waals surface area contributed by atoms with Gasteiger partial charge in [-0.05, 0) is 30.5 Å². The molecule has 0 fully saturated rings. The normalized spacial score (nSPS) is 11.6. The van der Waals surface area contributed by atoms with Crippen LogP contribution in [-0.4, -0.2) is 20.2 Å².